The van der Waals surface area contributed by atoms with Gasteiger partial charge >= 0.3 is 0 Å². The SMILES string of the molecule is Cc1cc(C(C)(C)C)c(C)c(C)c1CC1=NCCN1. The number of benzene rings is 1. The van der Waals surface area contributed by atoms with Gasteiger partial charge in [-0.15, -0.1) is 0 Å². The minimum atomic E-state index is 0.210. The fraction of sp³-hybridized carbons (Fsp3) is 0.588. The van der Waals surface area contributed by atoms with Crippen molar-refractivity contribution in [3.8, 4) is 0 Å². The van der Waals surface area contributed by atoms with Crippen molar-refractivity contribution in [3.63, 3.8) is 0 Å². The van der Waals surface area contributed by atoms with E-state index in [1.807, 2.05) is 0 Å². The van der Waals surface area contributed by atoms with Crippen molar-refractivity contribution in [3.05, 3.63) is 33.9 Å². The molecule has 1 aromatic carbocycles. The summed E-state index contributed by atoms with van der Waals surface area (Å²) in [7, 11) is 0. The average Bonchev–Trinajstić information content (AvgIpc) is 2.80. The largest absolute Gasteiger partial charge is 0.372 e. The number of hydrogen-bond acceptors (Lipinski definition) is 2. The van der Waals surface area contributed by atoms with Crippen LogP contribution in [0, 0.1) is 20.8 Å². The van der Waals surface area contributed by atoms with Crippen LogP contribution in [0.5, 0.6) is 0 Å². The lowest BCUT2D eigenvalue weighted by atomic mass is 9.79. The molecule has 0 spiro atoms. The molecule has 0 saturated carbocycles. The van der Waals surface area contributed by atoms with Crippen LogP contribution in [0.25, 0.3) is 0 Å². The molecule has 1 N–H and O–H groups in total. The zero-order chi connectivity index (χ0) is 14.2. The van der Waals surface area contributed by atoms with Crippen molar-refractivity contribution in [2.75, 3.05) is 13.1 Å². The molecule has 0 atom stereocenters. The van der Waals surface area contributed by atoms with Crippen LogP contribution < -0.4 is 5.32 Å². The monoisotopic (exact) mass is 258 g/mol. The Hall–Kier alpha value is -1.31. The molecule has 0 radical (unpaired) electrons. The molecule has 0 saturated heterocycles. The maximum atomic E-state index is 4.52. The molecule has 1 aromatic rings. The van der Waals surface area contributed by atoms with Crippen LogP contribution in [-0.4, -0.2) is 18.9 Å². The molecular weight excluding hydrogens is 232 g/mol. The number of rotatable bonds is 2. The van der Waals surface area contributed by atoms with E-state index < -0.39 is 0 Å². The van der Waals surface area contributed by atoms with Gasteiger partial charge in [-0.3, -0.25) is 4.99 Å². The summed E-state index contributed by atoms with van der Waals surface area (Å²) in [5.74, 6) is 1.15. The van der Waals surface area contributed by atoms with Gasteiger partial charge in [-0.05, 0) is 54.0 Å². The minimum absolute atomic E-state index is 0.210. The van der Waals surface area contributed by atoms with Gasteiger partial charge in [0, 0.05) is 13.0 Å². The molecule has 0 fully saturated rings. The van der Waals surface area contributed by atoms with Crippen LogP contribution in [0.4, 0.5) is 0 Å². The summed E-state index contributed by atoms with van der Waals surface area (Å²) in [5.41, 5.74) is 7.38. The fourth-order valence-corrected chi connectivity index (χ4v) is 2.92. The number of hydrogen-bond donors (Lipinski definition) is 1. The number of aliphatic imine (C=N–C) groups is 1. The first-order chi connectivity index (χ1) is 8.80. The molecule has 1 heterocycles. The highest BCUT2D eigenvalue weighted by Gasteiger charge is 2.20. The van der Waals surface area contributed by atoms with Crippen LogP contribution >= 0.6 is 0 Å². The zero-order valence-electron chi connectivity index (χ0n) is 13.1. The molecular formula is C17H26N2. The van der Waals surface area contributed by atoms with E-state index >= 15 is 0 Å². The van der Waals surface area contributed by atoms with Gasteiger partial charge in [-0.25, -0.2) is 0 Å². The molecule has 0 unspecified atom stereocenters. The van der Waals surface area contributed by atoms with Crippen LogP contribution in [0.15, 0.2) is 11.1 Å². The van der Waals surface area contributed by atoms with E-state index in [0.717, 1.165) is 25.3 Å². The van der Waals surface area contributed by atoms with E-state index in [2.05, 4.69) is 57.9 Å². The van der Waals surface area contributed by atoms with E-state index in [-0.39, 0.29) is 5.41 Å². The van der Waals surface area contributed by atoms with Gasteiger partial charge < -0.3 is 5.32 Å². The molecule has 2 heteroatoms. The summed E-state index contributed by atoms with van der Waals surface area (Å²) in [4.78, 5) is 4.52. The Bertz CT molecular complexity index is 519. The Morgan fingerprint density at radius 1 is 1.16 bits per heavy atom. The Balaban J connectivity index is 2.43. The summed E-state index contributed by atoms with van der Waals surface area (Å²) >= 11 is 0. The van der Waals surface area contributed by atoms with Crippen molar-refractivity contribution in [2.45, 2.75) is 53.4 Å². The van der Waals surface area contributed by atoms with Gasteiger partial charge in [0.05, 0.1) is 6.54 Å². The number of nitrogens with one attached hydrogen (secondary N) is 1. The van der Waals surface area contributed by atoms with Crippen molar-refractivity contribution in [2.24, 2.45) is 4.99 Å². The number of aryl methyl sites for hydroxylation is 1. The molecule has 104 valence electrons. The summed E-state index contributed by atoms with van der Waals surface area (Å²) in [5, 5.41) is 3.37. The van der Waals surface area contributed by atoms with Crippen LogP contribution in [-0.2, 0) is 11.8 Å². The smallest absolute Gasteiger partial charge is 0.101 e. The highest BCUT2D eigenvalue weighted by molar-refractivity contribution is 5.86. The van der Waals surface area contributed by atoms with Crippen molar-refractivity contribution in [1.29, 1.82) is 0 Å². The third kappa shape index (κ3) is 2.83. The Morgan fingerprint density at radius 2 is 1.84 bits per heavy atom. The van der Waals surface area contributed by atoms with E-state index in [0.29, 0.717) is 0 Å². The second-order valence-electron chi connectivity index (χ2n) is 6.65. The fourth-order valence-electron chi connectivity index (χ4n) is 2.92. The molecule has 0 aromatic heterocycles. The Kier molecular flexibility index (Phi) is 3.71. The second kappa shape index (κ2) is 4.99. The number of nitrogens with zero attached hydrogens (tertiary/aromatic N) is 1. The normalized spacial score (nSPS) is 15.4. The van der Waals surface area contributed by atoms with Crippen molar-refractivity contribution >= 4 is 5.84 Å². The van der Waals surface area contributed by atoms with E-state index in [4.69, 9.17) is 0 Å². The second-order valence-corrected chi connectivity index (χ2v) is 6.65. The molecule has 1 aliphatic rings. The van der Waals surface area contributed by atoms with Gasteiger partial charge in [0.25, 0.3) is 0 Å². The van der Waals surface area contributed by atoms with E-state index in [1.54, 1.807) is 0 Å². The highest BCUT2D eigenvalue weighted by Crippen LogP contribution is 2.31. The third-order valence-electron chi connectivity index (χ3n) is 4.15. The topological polar surface area (TPSA) is 24.4 Å². The summed E-state index contributed by atoms with van der Waals surface area (Å²) in [6.07, 6.45) is 0.947. The van der Waals surface area contributed by atoms with Gasteiger partial charge in [-0.1, -0.05) is 26.8 Å². The molecule has 0 aliphatic carbocycles. The van der Waals surface area contributed by atoms with Gasteiger partial charge in [0.1, 0.15) is 5.84 Å². The third-order valence-corrected chi connectivity index (χ3v) is 4.15. The Labute approximate surface area is 117 Å². The first-order valence-electron chi connectivity index (χ1n) is 7.18. The molecule has 2 rings (SSSR count). The maximum absolute atomic E-state index is 4.52. The predicted octanol–water partition coefficient (Wildman–Crippen LogP) is 3.45. The van der Waals surface area contributed by atoms with Gasteiger partial charge in [-0.2, -0.15) is 0 Å². The summed E-state index contributed by atoms with van der Waals surface area (Å²) in [6, 6.07) is 2.37. The highest BCUT2D eigenvalue weighted by atomic mass is 15.1. The summed E-state index contributed by atoms with van der Waals surface area (Å²) in [6.45, 7) is 15.5. The van der Waals surface area contributed by atoms with E-state index in [9.17, 15) is 0 Å². The van der Waals surface area contributed by atoms with Crippen molar-refractivity contribution in [1.82, 2.24) is 5.32 Å². The van der Waals surface area contributed by atoms with Crippen molar-refractivity contribution < 1.29 is 0 Å². The lowest BCUT2D eigenvalue weighted by Crippen LogP contribution is -2.22. The van der Waals surface area contributed by atoms with Crippen LogP contribution in [0.2, 0.25) is 0 Å². The molecule has 0 amide bonds. The maximum Gasteiger partial charge on any atom is 0.101 e. The van der Waals surface area contributed by atoms with Crippen LogP contribution in [0.3, 0.4) is 0 Å². The van der Waals surface area contributed by atoms with Gasteiger partial charge in [0.2, 0.25) is 0 Å². The quantitative estimate of drug-likeness (QED) is 0.863. The Morgan fingerprint density at radius 3 is 2.37 bits per heavy atom. The molecule has 19 heavy (non-hydrogen) atoms. The first kappa shape index (κ1) is 14.1. The molecule has 0 bridgehead atoms. The van der Waals surface area contributed by atoms with Gasteiger partial charge in [0.15, 0.2) is 0 Å². The molecule has 1 aliphatic heterocycles. The lowest BCUT2D eigenvalue weighted by Gasteiger charge is -2.26. The lowest BCUT2D eigenvalue weighted by molar-refractivity contribution is 0.584. The van der Waals surface area contributed by atoms with E-state index in [1.165, 1.54) is 27.8 Å². The molecule has 2 nitrogen and oxygen atoms in total. The average molecular weight is 258 g/mol. The standard InChI is InChI=1S/C17H26N2/c1-11-9-15(17(4,5)6)13(3)12(2)14(11)10-16-18-7-8-19-16/h9H,7-8,10H2,1-6H3,(H,18,19). The number of amidine groups is 1. The predicted molar refractivity (Wildman–Crippen MR) is 83.4 cm³/mol. The first-order valence-corrected chi connectivity index (χ1v) is 7.18. The minimum Gasteiger partial charge on any atom is -0.372 e. The summed E-state index contributed by atoms with van der Waals surface area (Å²) < 4.78 is 0. The zero-order valence-corrected chi connectivity index (χ0v) is 13.1. The van der Waals surface area contributed by atoms with Crippen LogP contribution in [0.1, 0.15) is 48.6 Å².